The first kappa shape index (κ1) is 16.0. The summed E-state index contributed by atoms with van der Waals surface area (Å²) < 4.78 is 29.2. The molecule has 1 aliphatic carbocycles. The van der Waals surface area contributed by atoms with Gasteiger partial charge in [-0.3, -0.25) is 0 Å². The molecule has 2 heteroatoms. The largest absolute Gasteiger partial charge is 0.206 e. The lowest BCUT2D eigenvalue weighted by Gasteiger charge is -2.14. The van der Waals surface area contributed by atoms with E-state index in [1.165, 1.54) is 17.7 Å². The van der Waals surface area contributed by atoms with Crippen LogP contribution in [0.15, 0.2) is 78.9 Å². The van der Waals surface area contributed by atoms with Gasteiger partial charge in [-0.25, -0.2) is 8.78 Å². The molecule has 0 unspecified atom stereocenters. The first-order chi connectivity index (χ1) is 13.2. The van der Waals surface area contributed by atoms with Crippen LogP contribution in [0.3, 0.4) is 0 Å². The third kappa shape index (κ3) is 2.57. The second-order valence-corrected chi connectivity index (χ2v) is 6.74. The molecule has 0 aromatic heterocycles. The van der Waals surface area contributed by atoms with Crippen LogP contribution in [0.1, 0.15) is 11.1 Å². The van der Waals surface area contributed by atoms with Gasteiger partial charge in [0.05, 0.1) is 0 Å². The number of halogens is 2. The van der Waals surface area contributed by atoms with Gasteiger partial charge in [0, 0.05) is 16.7 Å². The molecule has 1 aliphatic rings. The van der Waals surface area contributed by atoms with Crippen LogP contribution < -0.4 is 0 Å². The molecule has 0 atom stereocenters. The molecule has 4 aromatic carbocycles. The van der Waals surface area contributed by atoms with Crippen LogP contribution >= 0.6 is 0 Å². The molecule has 129 valence electrons. The number of fused-ring (bicyclic) bond motifs is 3. The molecule has 0 heterocycles. The average Bonchev–Trinajstić information content (AvgIpc) is 3.05. The van der Waals surface area contributed by atoms with Crippen LogP contribution in [-0.4, -0.2) is 0 Å². The topological polar surface area (TPSA) is 0 Å². The number of rotatable bonds is 2. The lowest BCUT2D eigenvalue weighted by molar-refractivity contribution is 0.629. The summed E-state index contributed by atoms with van der Waals surface area (Å²) >= 11 is 0. The Labute approximate surface area is 156 Å². The van der Waals surface area contributed by atoms with Crippen molar-refractivity contribution in [2.75, 3.05) is 0 Å². The molecule has 27 heavy (non-hydrogen) atoms. The quantitative estimate of drug-likeness (QED) is 0.332. The molecule has 4 aromatic rings. The second kappa shape index (κ2) is 6.17. The molecule has 0 spiro atoms. The van der Waals surface area contributed by atoms with E-state index >= 15 is 0 Å². The van der Waals surface area contributed by atoms with Gasteiger partial charge in [0.15, 0.2) is 0 Å². The van der Waals surface area contributed by atoms with Crippen molar-refractivity contribution in [2.24, 2.45) is 0 Å². The number of hydrogen-bond acceptors (Lipinski definition) is 0. The zero-order valence-electron chi connectivity index (χ0n) is 14.5. The molecular weight excluding hydrogens is 338 g/mol. The van der Waals surface area contributed by atoms with E-state index in [0.29, 0.717) is 22.3 Å². The summed E-state index contributed by atoms with van der Waals surface area (Å²) in [6.07, 6.45) is 0.754. The Kier molecular flexibility index (Phi) is 3.64. The van der Waals surface area contributed by atoms with Crippen molar-refractivity contribution in [1.82, 2.24) is 0 Å². The van der Waals surface area contributed by atoms with Gasteiger partial charge in [-0.1, -0.05) is 60.7 Å². The van der Waals surface area contributed by atoms with Gasteiger partial charge in [-0.2, -0.15) is 0 Å². The third-order valence-electron chi connectivity index (χ3n) is 5.14. The van der Waals surface area contributed by atoms with Gasteiger partial charge in [0.25, 0.3) is 0 Å². The fourth-order valence-electron chi connectivity index (χ4n) is 3.87. The standard InChI is InChI=1S/C25H15F2/c26-24-11-5-3-9-19(24)22-14-17-13-16-7-1-2-8-18(16)21(17)15-23(22)20-10-4-6-12-25(20)27/h1-12,15H,13H2. The van der Waals surface area contributed by atoms with E-state index in [1.807, 2.05) is 18.2 Å². The Morgan fingerprint density at radius 2 is 1.19 bits per heavy atom. The van der Waals surface area contributed by atoms with Crippen molar-refractivity contribution in [3.8, 4) is 33.4 Å². The molecule has 0 nitrogen and oxygen atoms in total. The molecule has 0 saturated heterocycles. The van der Waals surface area contributed by atoms with Gasteiger partial charge in [-0.15, -0.1) is 0 Å². The Hall–Kier alpha value is -3.26. The zero-order chi connectivity index (χ0) is 18.4. The Bertz CT molecular complexity index is 1170. The van der Waals surface area contributed by atoms with Crippen LogP contribution in [0, 0.1) is 17.7 Å². The third-order valence-corrected chi connectivity index (χ3v) is 5.14. The monoisotopic (exact) mass is 353 g/mol. The van der Waals surface area contributed by atoms with Gasteiger partial charge >= 0.3 is 0 Å². The maximum Gasteiger partial charge on any atom is 0.131 e. The van der Waals surface area contributed by atoms with Crippen molar-refractivity contribution >= 4 is 0 Å². The minimum atomic E-state index is -0.332. The summed E-state index contributed by atoms with van der Waals surface area (Å²) in [5.74, 6) is -0.656. The minimum Gasteiger partial charge on any atom is -0.206 e. The van der Waals surface area contributed by atoms with E-state index in [4.69, 9.17) is 0 Å². The predicted octanol–water partition coefficient (Wildman–Crippen LogP) is 6.67. The van der Waals surface area contributed by atoms with Crippen LogP contribution in [0.5, 0.6) is 0 Å². The molecule has 1 radical (unpaired) electrons. The van der Waals surface area contributed by atoms with E-state index in [-0.39, 0.29) is 11.6 Å². The first-order valence-corrected chi connectivity index (χ1v) is 8.89. The molecule has 0 fully saturated rings. The van der Waals surface area contributed by atoms with Crippen LogP contribution in [0.4, 0.5) is 8.78 Å². The Morgan fingerprint density at radius 3 is 1.89 bits per heavy atom. The average molecular weight is 353 g/mol. The molecule has 0 amide bonds. The second-order valence-electron chi connectivity index (χ2n) is 6.74. The van der Waals surface area contributed by atoms with Crippen LogP contribution in [-0.2, 0) is 6.42 Å². The molecule has 0 bridgehead atoms. The summed E-state index contributed by atoms with van der Waals surface area (Å²) in [6, 6.07) is 26.8. The van der Waals surface area contributed by atoms with Gasteiger partial charge in [0.2, 0.25) is 0 Å². The van der Waals surface area contributed by atoms with E-state index in [0.717, 1.165) is 23.1 Å². The molecule has 0 aliphatic heterocycles. The first-order valence-electron chi connectivity index (χ1n) is 8.89. The van der Waals surface area contributed by atoms with Crippen molar-refractivity contribution in [3.63, 3.8) is 0 Å². The van der Waals surface area contributed by atoms with E-state index < -0.39 is 0 Å². The van der Waals surface area contributed by atoms with Crippen molar-refractivity contribution in [3.05, 3.63) is 108 Å². The highest BCUT2D eigenvalue weighted by Gasteiger charge is 2.23. The highest BCUT2D eigenvalue weighted by Crippen LogP contribution is 2.43. The fourth-order valence-corrected chi connectivity index (χ4v) is 3.87. The summed E-state index contributed by atoms with van der Waals surface area (Å²) in [4.78, 5) is 0. The maximum absolute atomic E-state index is 14.6. The van der Waals surface area contributed by atoms with E-state index in [9.17, 15) is 8.78 Å². The molecule has 5 rings (SSSR count). The smallest absolute Gasteiger partial charge is 0.131 e. The lowest BCUT2D eigenvalue weighted by atomic mass is 9.89. The number of hydrogen-bond donors (Lipinski definition) is 0. The van der Waals surface area contributed by atoms with Crippen LogP contribution in [0.25, 0.3) is 33.4 Å². The predicted molar refractivity (Wildman–Crippen MR) is 104 cm³/mol. The zero-order valence-corrected chi connectivity index (χ0v) is 14.5. The van der Waals surface area contributed by atoms with Gasteiger partial charge in [0.1, 0.15) is 11.6 Å². The van der Waals surface area contributed by atoms with Crippen molar-refractivity contribution in [1.29, 1.82) is 0 Å². The highest BCUT2D eigenvalue weighted by atomic mass is 19.1. The van der Waals surface area contributed by atoms with E-state index in [2.05, 4.69) is 18.2 Å². The van der Waals surface area contributed by atoms with Crippen molar-refractivity contribution < 1.29 is 8.78 Å². The lowest BCUT2D eigenvalue weighted by Crippen LogP contribution is -1.94. The molecular formula is C25H15F2. The summed E-state index contributed by atoms with van der Waals surface area (Å²) in [7, 11) is 0. The van der Waals surface area contributed by atoms with Gasteiger partial charge in [-0.05, 0) is 58.5 Å². The maximum atomic E-state index is 14.6. The fraction of sp³-hybridized carbons (Fsp3) is 0.0400. The Morgan fingerprint density at radius 1 is 0.593 bits per heavy atom. The Balaban J connectivity index is 1.83. The molecule has 0 N–H and O–H groups in total. The molecule has 0 saturated carbocycles. The SMILES string of the molecule is Fc1ccccc1-c1[c]c2c(cc1-c1ccccc1F)-c1ccccc1C2. The highest BCUT2D eigenvalue weighted by molar-refractivity contribution is 5.90. The number of benzene rings is 4. The summed E-state index contributed by atoms with van der Waals surface area (Å²) in [6.45, 7) is 0. The summed E-state index contributed by atoms with van der Waals surface area (Å²) in [5, 5.41) is 0. The minimum absolute atomic E-state index is 0.324. The van der Waals surface area contributed by atoms with E-state index in [1.54, 1.807) is 36.4 Å². The van der Waals surface area contributed by atoms with Crippen LogP contribution in [0.2, 0.25) is 0 Å². The van der Waals surface area contributed by atoms with Crippen molar-refractivity contribution in [2.45, 2.75) is 6.42 Å². The van der Waals surface area contributed by atoms with Gasteiger partial charge < -0.3 is 0 Å². The summed E-state index contributed by atoms with van der Waals surface area (Å²) in [5.41, 5.74) is 6.58. The normalized spacial score (nSPS) is 11.9.